The Morgan fingerprint density at radius 2 is 1.62 bits per heavy atom. The van der Waals surface area contributed by atoms with Crippen molar-refractivity contribution in [2.24, 2.45) is 0 Å². The summed E-state index contributed by atoms with van der Waals surface area (Å²) in [5.74, 6) is -3.85. The Balaban J connectivity index is 0.000000414. The molecule has 1 aromatic heterocycles. The van der Waals surface area contributed by atoms with Gasteiger partial charge in [0.2, 0.25) is 10.0 Å². The zero-order valence-electron chi connectivity index (χ0n) is 19.5. The van der Waals surface area contributed by atoms with Gasteiger partial charge < -0.3 is 19.9 Å². The molecular weight excluding hydrogens is 507 g/mol. The maximum Gasteiger partial charge on any atom is 0.328 e. The van der Waals surface area contributed by atoms with E-state index in [4.69, 9.17) is 15.3 Å². The van der Waals surface area contributed by atoms with Crippen molar-refractivity contribution >= 4 is 38.8 Å². The molecule has 4 N–H and O–H groups in total. The molecule has 3 aromatic rings. The molecule has 0 aliphatic heterocycles. The second-order valence-corrected chi connectivity index (χ2v) is 9.98. The van der Waals surface area contributed by atoms with Gasteiger partial charge in [-0.15, -0.1) is 0 Å². The molecule has 0 saturated heterocycles. The summed E-state index contributed by atoms with van der Waals surface area (Å²) in [4.78, 5) is 30.2. The lowest BCUT2D eigenvalue weighted by molar-refractivity contribution is -0.137. The molecular formula is C25H25FN2O8S. The van der Waals surface area contributed by atoms with Crippen molar-refractivity contribution in [3.05, 3.63) is 77.8 Å². The largest absolute Gasteiger partial charge is 0.481 e. The monoisotopic (exact) mass is 532 g/mol. The van der Waals surface area contributed by atoms with Crippen LogP contribution < -0.4 is 4.72 Å². The van der Waals surface area contributed by atoms with Crippen LogP contribution in [0.15, 0.2) is 65.6 Å². The van der Waals surface area contributed by atoms with Gasteiger partial charge in [-0.2, -0.15) is 0 Å². The van der Waals surface area contributed by atoms with Crippen LogP contribution in [-0.4, -0.2) is 52.3 Å². The van der Waals surface area contributed by atoms with E-state index in [1.165, 1.54) is 12.1 Å². The second kappa shape index (κ2) is 11.8. The highest BCUT2D eigenvalue weighted by Gasteiger charge is 2.28. The predicted molar refractivity (Wildman–Crippen MR) is 131 cm³/mol. The van der Waals surface area contributed by atoms with E-state index in [1.807, 2.05) is 28.8 Å². The van der Waals surface area contributed by atoms with Gasteiger partial charge in [-0.05, 0) is 55.2 Å². The lowest BCUT2D eigenvalue weighted by Crippen LogP contribution is -2.39. The van der Waals surface area contributed by atoms with Crippen LogP contribution >= 0.6 is 0 Å². The minimum absolute atomic E-state index is 0.0335. The van der Waals surface area contributed by atoms with Crippen molar-refractivity contribution in [2.45, 2.75) is 43.2 Å². The molecule has 0 radical (unpaired) electrons. The number of hydrogen-bond donors (Lipinski definition) is 4. The lowest BCUT2D eigenvalue weighted by atomic mass is 9.92. The Kier molecular flexibility index (Phi) is 8.79. The number of nitrogens with one attached hydrogen (secondary N) is 1. The number of fused-ring (bicyclic) bond motifs is 3. The molecule has 0 fully saturated rings. The van der Waals surface area contributed by atoms with Crippen molar-refractivity contribution in [1.29, 1.82) is 0 Å². The summed E-state index contributed by atoms with van der Waals surface area (Å²) < 4.78 is 43.2. The van der Waals surface area contributed by atoms with Crippen LogP contribution in [0.4, 0.5) is 4.39 Å². The van der Waals surface area contributed by atoms with Crippen LogP contribution in [0, 0.1) is 5.82 Å². The number of carboxylic acids is 3. The minimum atomic E-state index is -3.75. The predicted octanol–water partition coefficient (Wildman–Crippen LogP) is 2.80. The summed E-state index contributed by atoms with van der Waals surface area (Å²) in [5, 5.41) is 25.7. The highest BCUT2D eigenvalue weighted by atomic mass is 32.2. The maximum atomic E-state index is 13.1. The topological polar surface area (TPSA) is 163 Å². The van der Waals surface area contributed by atoms with Gasteiger partial charge in [0.25, 0.3) is 0 Å². The van der Waals surface area contributed by atoms with E-state index in [-0.39, 0.29) is 17.4 Å². The van der Waals surface area contributed by atoms with Crippen molar-refractivity contribution in [1.82, 2.24) is 9.29 Å². The Hall–Kier alpha value is -4.03. The maximum absolute atomic E-state index is 13.1. The van der Waals surface area contributed by atoms with E-state index in [2.05, 4.69) is 4.72 Å². The zero-order chi connectivity index (χ0) is 27.2. The van der Waals surface area contributed by atoms with Gasteiger partial charge in [0.15, 0.2) is 0 Å². The number of sulfonamides is 1. The third-order valence-corrected chi connectivity index (χ3v) is 7.27. The van der Waals surface area contributed by atoms with Gasteiger partial charge in [-0.1, -0.05) is 18.2 Å². The minimum Gasteiger partial charge on any atom is -0.481 e. The Morgan fingerprint density at radius 1 is 1.00 bits per heavy atom. The highest BCUT2D eigenvalue weighted by molar-refractivity contribution is 7.89. The quantitative estimate of drug-likeness (QED) is 0.322. The van der Waals surface area contributed by atoms with Crippen molar-refractivity contribution in [2.75, 3.05) is 0 Å². The van der Waals surface area contributed by atoms with Crippen LogP contribution in [0.3, 0.4) is 0 Å². The molecule has 1 aliphatic carbocycles. The van der Waals surface area contributed by atoms with Crippen LogP contribution in [0.1, 0.15) is 24.1 Å². The van der Waals surface area contributed by atoms with Gasteiger partial charge in [0.05, 0.1) is 11.3 Å². The summed E-state index contributed by atoms with van der Waals surface area (Å²) in [6.45, 7) is 0.386. The molecule has 0 bridgehead atoms. The third-order valence-electron chi connectivity index (χ3n) is 5.74. The van der Waals surface area contributed by atoms with Crippen LogP contribution in [0.5, 0.6) is 0 Å². The number of rotatable bonds is 8. The first-order valence-corrected chi connectivity index (χ1v) is 12.7. The number of aromatic nitrogens is 1. The van der Waals surface area contributed by atoms with Crippen LogP contribution in [0.2, 0.25) is 0 Å². The number of hydrogen-bond acceptors (Lipinski definition) is 5. The molecule has 0 unspecified atom stereocenters. The number of para-hydroxylation sites is 1. The molecule has 196 valence electrons. The summed E-state index contributed by atoms with van der Waals surface area (Å²) in [5.41, 5.74) is 3.11. The first-order chi connectivity index (χ1) is 17.5. The number of carboxylic acid groups (broad SMARTS) is 3. The number of benzene rings is 2. The molecule has 0 spiro atoms. The Labute approximate surface area is 211 Å². The lowest BCUT2D eigenvalue weighted by Gasteiger charge is -2.25. The van der Waals surface area contributed by atoms with Crippen molar-refractivity contribution in [3.8, 4) is 0 Å². The van der Waals surface area contributed by atoms with E-state index in [9.17, 15) is 27.2 Å². The summed E-state index contributed by atoms with van der Waals surface area (Å²) in [6.07, 6.45) is 2.93. The number of halogens is 1. The fraction of sp³-hybridized carbons (Fsp3) is 0.240. The first-order valence-electron chi connectivity index (χ1n) is 11.2. The molecule has 0 saturated carbocycles. The van der Waals surface area contributed by atoms with E-state index in [0.29, 0.717) is 38.0 Å². The summed E-state index contributed by atoms with van der Waals surface area (Å²) in [7, 11) is -3.75. The molecule has 1 heterocycles. The SMILES string of the molecule is O=C(O)/C=C/C(=O)O.O=C(O)CCn1c2c(c3ccccc31)C[C@H](NS(=O)(=O)c1ccc(F)cc1)CC2. The smallest absolute Gasteiger partial charge is 0.328 e. The number of carbonyl (C=O) groups is 3. The second-order valence-electron chi connectivity index (χ2n) is 8.26. The van der Waals surface area contributed by atoms with E-state index in [1.54, 1.807) is 0 Å². The fourth-order valence-corrected chi connectivity index (χ4v) is 5.48. The molecule has 12 heteroatoms. The molecule has 1 atom stereocenters. The Bertz CT molecular complexity index is 1430. The average molecular weight is 533 g/mol. The molecule has 1 aliphatic rings. The van der Waals surface area contributed by atoms with Crippen molar-refractivity contribution < 1.29 is 42.5 Å². The number of aliphatic carboxylic acids is 3. The molecule has 37 heavy (non-hydrogen) atoms. The fourth-order valence-electron chi connectivity index (χ4n) is 4.21. The van der Waals surface area contributed by atoms with E-state index >= 15 is 0 Å². The van der Waals surface area contributed by atoms with Gasteiger partial charge in [-0.25, -0.2) is 27.1 Å². The normalized spacial score (nSPS) is 15.1. The van der Waals surface area contributed by atoms with Crippen LogP contribution in [0.25, 0.3) is 10.9 Å². The van der Waals surface area contributed by atoms with E-state index < -0.39 is 33.7 Å². The Morgan fingerprint density at radius 3 is 2.22 bits per heavy atom. The number of nitrogens with zero attached hydrogens (tertiary/aromatic N) is 1. The standard InChI is InChI=1S/C21H21FN2O4S.C4H4O4/c22-14-5-8-16(9-6-14)29(27,28)23-15-7-10-20-18(13-15)17-3-1-2-4-19(17)24(20)12-11-21(25)26;5-3(6)1-2-4(7)8/h1-6,8-9,15,23H,7,10-13H2,(H,25,26);1-2H,(H,5,6)(H,7,8)/b;2-1+/t15-;/m1./s1. The first kappa shape index (κ1) is 27.6. The summed E-state index contributed by atoms with van der Waals surface area (Å²) in [6, 6.07) is 12.3. The zero-order valence-corrected chi connectivity index (χ0v) is 20.3. The van der Waals surface area contributed by atoms with Gasteiger partial charge in [0.1, 0.15) is 5.82 Å². The van der Waals surface area contributed by atoms with Gasteiger partial charge >= 0.3 is 17.9 Å². The van der Waals surface area contributed by atoms with Crippen LogP contribution in [-0.2, 0) is 43.8 Å². The van der Waals surface area contributed by atoms with Crippen molar-refractivity contribution in [3.63, 3.8) is 0 Å². The molecule has 4 rings (SSSR count). The molecule has 2 aromatic carbocycles. The third kappa shape index (κ3) is 7.24. The van der Waals surface area contributed by atoms with Gasteiger partial charge in [-0.3, -0.25) is 4.79 Å². The molecule has 0 amide bonds. The number of aryl methyl sites for hydroxylation is 1. The van der Waals surface area contributed by atoms with Gasteiger partial charge in [0, 0.05) is 41.3 Å². The molecule has 10 nitrogen and oxygen atoms in total. The highest BCUT2D eigenvalue weighted by Crippen LogP contribution is 2.33. The average Bonchev–Trinajstić information content (AvgIpc) is 3.15. The van der Waals surface area contributed by atoms with E-state index in [0.717, 1.165) is 34.3 Å². The summed E-state index contributed by atoms with van der Waals surface area (Å²) >= 11 is 0.